The maximum absolute atomic E-state index is 12.8. The third kappa shape index (κ3) is 4.13. The van der Waals surface area contributed by atoms with Crippen LogP contribution in [-0.4, -0.2) is 26.5 Å². The van der Waals surface area contributed by atoms with E-state index >= 15 is 0 Å². The lowest BCUT2D eigenvalue weighted by Gasteiger charge is -2.09. The summed E-state index contributed by atoms with van der Waals surface area (Å²) in [4.78, 5) is 16.4. The molecule has 152 valence electrons. The zero-order valence-corrected chi connectivity index (χ0v) is 18.2. The van der Waals surface area contributed by atoms with Gasteiger partial charge < -0.3 is 4.74 Å². The van der Waals surface area contributed by atoms with Crippen molar-refractivity contribution in [1.82, 2.24) is 4.98 Å². The van der Waals surface area contributed by atoms with E-state index in [1.165, 1.54) is 29.9 Å². The van der Waals surface area contributed by atoms with Crippen molar-refractivity contribution in [1.29, 1.82) is 0 Å². The number of thiophene rings is 1. The van der Waals surface area contributed by atoms with Crippen LogP contribution in [0.25, 0.3) is 21.8 Å². The predicted octanol–water partition coefficient (Wildman–Crippen LogP) is 5.13. The maximum Gasteiger partial charge on any atom is 0.349 e. The summed E-state index contributed by atoms with van der Waals surface area (Å²) >= 11 is 2.54. The Balaban J connectivity index is 1.61. The number of hydrogen-bond acceptors (Lipinski definition) is 7. The van der Waals surface area contributed by atoms with Crippen molar-refractivity contribution < 1.29 is 17.9 Å². The molecule has 2 heterocycles. The lowest BCUT2D eigenvalue weighted by atomic mass is 10.1. The highest BCUT2D eigenvalue weighted by Crippen LogP contribution is 2.31. The summed E-state index contributed by atoms with van der Waals surface area (Å²) in [6.07, 6.45) is 0. The molecule has 0 aliphatic rings. The van der Waals surface area contributed by atoms with Gasteiger partial charge in [-0.2, -0.15) is 0 Å². The maximum atomic E-state index is 12.8. The number of carbonyl (C=O) groups is 1. The van der Waals surface area contributed by atoms with Crippen molar-refractivity contribution in [2.75, 3.05) is 11.8 Å². The Morgan fingerprint density at radius 3 is 2.53 bits per heavy atom. The summed E-state index contributed by atoms with van der Waals surface area (Å²) in [5.74, 6) is -0.685. The first kappa shape index (κ1) is 20.3. The van der Waals surface area contributed by atoms with Crippen molar-refractivity contribution in [2.45, 2.75) is 4.90 Å². The Hall–Kier alpha value is -3.01. The van der Waals surface area contributed by atoms with Gasteiger partial charge in [0.25, 0.3) is 10.0 Å². The van der Waals surface area contributed by atoms with Crippen molar-refractivity contribution in [3.63, 3.8) is 0 Å². The summed E-state index contributed by atoms with van der Waals surface area (Å²) in [6, 6.07) is 18.2. The highest BCUT2D eigenvalue weighted by molar-refractivity contribution is 7.93. The van der Waals surface area contributed by atoms with Crippen LogP contribution in [0.3, 0.4) is 0 Å². The van der Waals surface area contributed by atoms with Crippen molar-refractivity contribution in [3.05, 3.63) is 76.3 Å². The van der Waals surface area contributed by atoms with E-state index in [9.17, 15) is 13.2 Å². The van der Waals surface area contributed by atoms with Crippen LogP contribution in [0.5, 0.6) is 0 Å². The molecule has 0 atom stereocenters. The molecule has 0 unspecified atom stereocenters. The van der Waals surface area contributed by atoms with Gasteiger partial charge in [-0.15, -0.1) is 22.7 Å². The van der Waals surface area contributed by atoms with Gasteiger partial charge in [0, 0.05) is 22.2 Å². The summed E-state index contributed by atoms with van der Waals surface area (Å²) in [7, 11) is -2.74. The van der Waals surface area contributed by atoms with Crippen LogP contribution in [0.4, 0.5) is 5.69 Å². The van der Waals surface area contributed by atoms with E-state index in [4.69, 9.17) is 0 Å². The Morgan fingerprint density at radius 1 is 1.00 bits per heavy atom. The SMILES string of the molecule is COC(=O)c1sccc1S(=O)(=O)Nc1cccc(-c2csc(-c3ccccc3)n2)c1. The molecule has 0 radical (unpaired) electrons. The number of thiazole rings is 1. The fourth-order valence-electron chi connectivity index (χ4n) is 2.82. The molecule has 30 heavy (non-hydrogen) atoms. The summed E-state index contributed by atoms with van der Waals surface area (Å²) < 4.78 is 32.8. The molecule has 0 saturated heterocycles. The molecular formula is C21H16N2O4S3. The Kier molecular flexibility index (Phi) is 5.67. The molecule has 0 amide bonds. The van der Waals surface area contributed by atoms with Crippen LogP contribution in [-0.2, 0) is 14.8 Å². The van der Waals surface area contributed by atoms with Gasteiger partial charge in [-0.05, 0) is 23.6 Å². The van der Waals surface area contributed by atoms with Gasteiger partial charge in [-0.25, -0.2) is 18.2 Å². The molecule has 4 rings (SSSR count). The minimum Gasteiger partial charge on any atom is -0.465 e. The predicted molar refractivity (Wildman–Crippen MR) is 119 cm³/mol. The molecule has 0 fully saturated rings. The van der Waals surface area contributed by atoms with Crippen molar-refractivity contribution >= 4 is 44.4 Å². The average molecular weight is 457 g/mol. The second kappa shape index (κ2) is 8.39. The molecule has 0 aliphatic heterocycles. The molecule has 1 N–H and O–H groups in total. The van der Waals surface area contributed by atoms with Crippen LogP contribution in [0.15, 0.2) is 76.3 Å². The number of carbonyl (C=O) groups excluding carboxylic acids is 1. The minimum absolute atomic E-state index is 0.0353. The van der Waals surface area contributed by atoms with Crippen LogP contribution in [0.2, 0.25) is 0 Å². The van der Waals surface area contributed by atoms with E-state index in [2.05, 4.69) is 14.4 Å². The lowest BCUT2D eigenvalue weighted by molar-refractivity contribution is 0.0602. The highest BCUT2D eigenvalue weighted by atomic mass is 32.2. The summed E-state index contributed by atoms with van der Waals surface area (Å²) in [5, 5.41) is 4.36. The molecule has 0 bridgehead atoms. The molecule has 0 saturated carbocycles. The van der Waals surface area contributed by atoms with Crippen LogP contribution in [0, 0.1) is 0 Å². The molecule has 9 heteroatoms. The van der Waals surface area contributed by atoms with Gasteiger partial charge in [0.15, 0.2) is 0 Å². The number of benzene rings is 2. The number of nitrogens with zero attached hydrogens (tertiary/aromatic N) is 1. The first-order chi connectivity index (χ1) is 14.5. The summed E-state index contributed by atoms with van der Waals surface area (Å²) in [5.41, 5.74) is 2.94. The van der Waals surface area contributed by atoms with Gasteiger partial charge in [-0.1, -0.05) is 42.5 Å². The van der Waals surface area contributed by atoms with E-state index in [1.54, 1.807) is 18.2 Å². The van der Waals surface area contributed by atoms with E-state index in [1.807, 2.05) is 41.8 Å². The monoisotopic (exact) mass is 456 g/mol. The van der Waals surface area contributed by atoms with E-state index < -0.39 is 16.0 Å². The summed E-state index contributed by atoms with van der Waals surface area (Å²) in [6.45, 7) is 0. The van der Waals surface area contributed by atoms with E-state index in [0.29, 0.717) is 5.69 Å². The number of sulfonamides is 1. The molecular weight excluding hydrogens is 440 g/mol. The van der Waals surface area contributed by atoms with Crippen molar-refractivity contribution in [3.8, 4) is 21.8 Å². The van der Waals surface area contributed by atoms with Gasteiger partial charge in [-0.3, -0.25) is 4.72 Å². The molecule has 0 aliphatic carbocycles. The number of ether oxygens (including phenoxy) is 1. The minimum atomic E-state index is -3.95. The second-order valence-corrected chi connectivity index (χ2v) is 9.62. The molecule has 4 aromatic rings. The van der Waals surface area contributed by atoms with Crippen LogP contribution in [0.1, 0.15) is 9.67 Å². The smallest absolute Gasteiger partial charge is 0.349 e. The topological polar surface area (TPSA) is 85.4 Å². The number of anilines is 1. The zero-order chi connectivity index (χ0) is 21.1. The molecule has 0 spiro atoms. The van der Waals surface area contributed by atoms with Crippen LogP contribution < -0.4 is 4.72 Å². The average Bonchev–Trinajstić information content (AvgIpc) is 3.44. The molecule has 2 aromatic carbocycles. The normalized spacial score (nSPS) is 11.2. The number of esters is 1. The zero-order valence-electron chi connectivity index (χ0n) is 15.7. The number of methoxy groups -OCH3 is 1. The third-order valence-electron chi connectivity index (χ3n) is 4.22. The first-order valence-corrected chi connectivity index (χ1v) is 12.0. The number of aromatic nitrogens is 1. The Morgan fingerprint density at radius 2 is 1.77 bits per heavy atom. The standard InChI is InChI=1S/C21H16N2O4S3/c1-27-21(24)19-18(10-11-28-19)30(25,26)23-16-9-5-8-15(12-16)17-13-29-20(22-17)14-6-3-2-4-7-14/h2-13,23H,1H3. The van der Waals surface area contributed by atoms with Gasteiger partial charge in [0.05, 0.1) is 12.8 Å². The van der Waals surface area contributed by atoms with Crippen LogP contribution >= 0.6 is 22.7 Å². The Labute approximate surface area is 181 Å². The molecule has 6 nitrogen and oxygen atoms in total. The molecule has 2 aromatic heterocycles. The largest absolute Gasteiger partial charge is 0.465 e. The van der Waals surface area contributed by atoms with E-state index in [-0.39, 0.29) is 9.77 Å². The Bertz CT molecular complexity index is 1290. The number of rotatable bonds is 6. The second-order valence-electron chi connectivity index (χ2n) is 6.20. The fraction of sp³-hybridized carbons (Fsp3) is 0.0476. The number of hydrogen-bond donors (Lipinski definition) is 1. The first-order valence-electron chi connectivity index (χ1n) is 8.78. The lowest BCUT2D eigenvalue weighted by Crippen LogP contribution is -2.15. The third-order valence-corrected chi connectivity index (χ3v) is 7.56. The highest BCUT2D eigenvalue weighted by Gasteiger charge is 2.25. The van der Waals surface area contributed by atoms with E-state index in [0.717, 1.165) is 33.2 Å². The van der Waals surface area contributed by atoms with Crippen molar-refractivity contribution in [2.24, 2.45) is 0 Å². The van der Waals surface area contributed by atoms with Gasteiger partial charge in [0.1, 0.15) is 14.8 Å². The fourth-order valence-corrected chi connectivity index (χ4v) is 6.04. The number of nitrogens with one attached hydrogen (secondary N) is 1. The van der Waals surface area contributed by atoms with Gasteiger partial charge in [0.2, 0.25) is 0 Å². The van der Waals surface area contributed by atoms with Gasteiger partial charge >= 0.3 is 5.97 Å². The quantitative estimate of drug-likeness (QED) is 0.407.